The maximum absolute atomic E-state index is 11.6. The van der Waals surface area contributed by atoms with E-state index in [9.17, 15) is 4.79 Å². The molecule has 0 saturated carbocycles. The van der Waals surface area contributed by atoms with Crippen LogP contribution in [0.15, 0.2) is 0 Å². The summed E-state index contributed by atoms with van der Waals surface area (Å²) in [7, 11) is 3.67. The number of rotatable bonds is 7. The van der Waals surface area contributed by atoms with Gasteiger partial charge in [0.25, 0.3) is 0 Å². The predicted octanol–water partition coefficient (Wildman–Crippen LogP) is 0.182. The molecule has 0 bridgehead atoms. The first kappa shape index (κ1) is 13.4. The molecule has 3 N–H and O–H groups in total. The van der Waals surface area contributed by atoms with E-state index < -0.39 is 0 Å². The van der Waals surface area contributed by atoms with Gasteiger partial charge in [0.15, 0.2) is 0 Å². The van der Waals surface area contributed by atoms with Gasteiger partial charge in [-0.15, -0.1) is 0 Å². The smallest absolute Gasteiger partial charge is 0.239 e. The molecule has 0 fully saturated rings. The van der Waals surface area contributed by atoms with Gasteiger partial charge in [0.05, 0.1) is 6.04 Å². The molecular formula is C10H23N3O. The zero-order valence-electron chi connectivity index (χ0n) is 9.55. The van der Waals surface area contributed by atoms with Crippen molar-refractivity contribution in [3.63, 3.8) is 0 Å². The molecule has 0 aromatic heterocycles. The number of carbonyl (C=O) groups is 1. The molecule has 0 rings (SSSR count). The summed E-state index contributed by atoms with van der Waals surface area (Å²) in [5.74, 6) is 0.0497. The molecule has 14 heavy (non-hydrogen) atoms. The number of unbranched alkanes of at least 4 members (excludes halogenated alkanes) is 1. The summed E-state index contributed by atoms with van der Waals surface area (Å²) >= 11 is 0. The fourth-order valence-electron chi connectivity index (χ4n) is 1.22. The van der Waals surface area contributed by atoms with Crippen LogP contribution in [0.5, 0.6) is 0 Å². The number of hydrogen-bond acceptors (Lipinski definition) is 3. The molecule has 0 aliphatic carbocycles. The van der Waals surface area contributed by atoms with Crippen LogP contribution in [0, 0.1) is 0 Å². The third-order valence-corrected chi connectivity index (χ3v) is 2.26. The highest BCUT2D eigenvalue weighted by Crippen LogP contribution is 2.00. The van der Waals surface area contributed by atoms with Crippen LogP contribution in [0.3, 0.4) is 0 Å². The van der Waals surface area contributed by atoms with Crippen LogP contribution in [-0.4, -0.2) is 44.0 Å². The van der Waals surface area contributed by atoms with E-state index in [1.54, 1.807) is 11.9 Å². The monoisotopic (exact) mass is 201 g/mol. The summed E-state index contributed by atoms with van der Waals surface area (Å²) in [4.78, 5) is 13.3. The summed E-state index contributed by atoms with van der Waals surface area (Å²) < 4.78 is 0. The first-order valence-electron chi connectivity index (χ1n) is 5.28. The number of nitrogens with two attached hydrogens (primary N) is 1. The van der Waals surface area contributed by atoms with Gasteiger partial charge in [-0.2, -0.15) is 0 Å². The summed E-state index contributed by atoms with van der Waals surface area (Å²) in [6, 6.07) is -0.322. The van der Waals surface area contributed by atoms with Gasteiger partial charge in [-0.05, 0) is 13.5 Å². The molecule has 0 radical (unpaired) electrons. The SMILES string of the molecule is CCCCC(N)C(=O)N(C)CCNC. The predicted molar refractivity (Wildman–Crippen MR) is 59.1 cm³/mol. The molecule has 0 aliphatic heterocycles. The lowest BCUT2D eigenvalue weighted by Crippen LogP contribution is -2.43. The van der Waals surface area contributed by atoms with Crippen LogP contribution in [0.2, 0.25) is 0 Å². The van der Waals surface area contributed by atoms with Crippen LogP contribution in [0.4, 0.5) is 0 Å². The van der Waals surface area contributed by atoms with Crippen molar-refractivity contribution < 1.29 is 4.79 Å². The Morgan fingerprint density at radius 1 is 1.57 bits per heavy atom. The molecule has 0 aromatic rings. The molecule has 0 aliphatic rings. The van der Waals surface area contributed by atoms with Gasteiger partial charge in [-0.25, -0.2) is 0 Å². The number of nitrogens with one attached hydrogen (secondary N) is 1. The lowest BCUT2D eigenvalue weighted by molar-refractivity contribution is -0.131. The first-order valence-corrected chi connectivity index (χ1v) is 5.28. The maximum Gasteiger partial charge on any atom is 0.239 e. The quantitative estimate of drug-likeness (QED) is 0.618. The molecule has 1 amide bonds. The Balaban J connectivity index is 3.78. The summed E-state index contributed by atoms with van der Waals surface area (Å²) in [6.07, 6.45) is 2.90. The van der Waals surface area contributed by atoms with Gasteiger partial charge in [0, 0.05) is 20.1 Å². The molecule has 0 spiro atoms. The van der Waals surface area contributed by atoms with Crippen molar-refractivity contribution in [2.24, 2.45) is 5.73 Å². The van der Waals surface area contributed by atoms with Crippen molar-refractivity contribution in [2.45, 2.75) is 32.2 Å². The minimum Gasteiger partial charge on any atom is -0.343 e. The second-order valence-electron chi connectivity index (χ2n) is 3.61. The Morgan fingerprint density at radius 2 is 2.21 bits per heavy atom. The minimum atomic E-state index is -0.322. The Morgan fingerprint density at radius 3 is 2.71 bits per heavy atom. The van der Waals surface area contributed by atoms with E-state index in [-0.39, 0.29) is 11.9 Å². The largest absolute Gasteiger partial charge is 0.343 e. The molecule has 0 heterocycles. The number of amides is 1. The average molecular weight is 201 g/mol. The molecule has 0 aromatic carbocycles. The summed E-state index contributed by atoms with van der Waals surface area (Å²) in [5.41, 5.74) is 5.76. The lowest BCUT2D eigenvalue weighted by atomic mass is 10.1. The number of carbonyl (C=O) groups excluding carboxylic acids is 1. The molecule has 4 heteroatoms. The van der Waals surface area contributed by atoms with Gasteiger partial charge in [-0.3, -0.25) is 4.79 Å². The van der Waals surface area contributed by atoms with Crippen LogP contribution in [0.25, 0.3) is 0 Å². The normalized spacial score (nSPS) is 12.6. The van der Waals surface area contributed by atoms with Crippen LogP contribution in [-0.2, 0) is 4.79 Å². The number of nitrogens with zero attached hydrogens (tertiary/aromatic N) is 1. The van der Waals surface area contributed by atoms with E-state index in [1.807, 2.05) is 7.05 Å². The first-order chi connectivity index (χ1) is 6.63. The second kappa shape index (κ2) is 7.76. The van der Waals surface area contributed by atoms with Crippen molar-refractivity contribution in [3.05, 3.63) is 0 Å². The van der Waals surface area contributed by atoms with E-state index in [0.29, 0.717) is 0 Å². The highest BCUT2D eigenvalue weighted by Gasteiger charge is 2.16. The highest BCUT2D eigenvalue weighted by molar-refractivity contribution is 5.81. The fourth-order valence-corrected chi connectivity index (χ4v) is 1.22. The van der Waals surface area contributed by atoms with E-state index >= 15 is 0 Å². The van der Waals surface area contributed by atoms with Crippen molar-refractivity contribution in [1.82, 2.24) is 10.2 Å². The summed E-state index contributed by atoms with van der Waals surface area (Å²) in [5, 5.41) is 3.00. The minimum absolute atomic E-state index is 0.0497. The molecular weight excluding hydrogens is 178 g/mol. The number of hydrogen-bond donors (Lipinski definition) is 2. The third-order valence-electron chi connectivity index (χ3n) is 2.26. The molecule has 1 atom stereocenters. The lowest BCUT2D eigenvalue weighted by Gasteiger charge is -2.20. The van der Waals surface area contributed by atoms with Crippen molar-refractivity contribution in [3.8, 4) is 0 Å². The zero-order chi connectivity index (χ0) is 11.0. The van der Waals surface area contributed by atoms with Crippen LogP contribution in [0.1, 0.15) is 26.2 Å². The summed E-state index contributed by atoms with van der Waals surface area (Å²) in [6.45, 7) is 3.62. The van der Waals surface area contributed by atoms with Crippen molar-refractivity contribution in [1.29, 1.82) is 0 Å². The standard InChI is InChI=1S/C10H23N3O/c1-4-5-6-9(11)10(14)13(3)8-7-12-2/h9,12H,4-8,11H2,1-3H3. The van der Waals surface area contributed by atoms with E-state index in [1.165, 1.54) is 0 Å². The molecule has 84 valence electrons. The molecule has 0 saturated heterocycles. The topological polar surface area (TPSA) is 58.4 Å². The Labute approximate surface area is 86.8 Å². The highest BCUT2D eigenvalue weighted by atomic mass is 16.2. The third kappa shape index (κ3) is 5.19. The van der Waals surface area contributed by atoms with Gasteiger partial charge in [-0.1, -0.05) is 19.8 Å². The molecule has 4 nitrogen and oxygen atoms in total. The van der Waals surface area contributed by atoms with E-state index in [2.05, 4.69) is 12.2 Å². The van der Waals surface area contributed by atoms with Crippen LogP contribution >= 0.6 is 0 Å². The fraction of sp³-hybridized carbons (Fsp3) is 0.900. The van der Waals surface area contributed by atoms with Gasteiger partial charge < -0.3 is 16.0 Å². The zero-order valence-corrected chi connectivity index (χ0v) is 9.55. The second-order valence-corrected chi connectivity index (χ2v) is 3.61. The average Bonchev–Trinajstić information content (AvgIpc) is 2.21. The van der Waals surface area contributed by atoms with Gasteiger partial charge in [0.1, 0.15) is 0 Å². The number of likely N-dealkylation sites (N-methyl/N-ethyl adjacent to an activating group) is 2. The van der Waals surface area contributed by atoms with E-state index in [0.717, 1.165) is 32.4 Å². The van der Waals surface area contributed by atoms with Crippen molar-refractivity contribution >= 4 is 5.91 Å². The molecule has 1 unspecified atom stereocenters. The van der Waals surface area contributed by atoms with E-state index in [4.69, 9.17) is 5.73 Å². The maximum atomic E-state index is 11.6. The van der Waals surface area contributed by atoms with Gasteiger partial charge >= 0.3 is 0 Å². The Kier molecular flexibility index (Phi) is 7.42. The van der Waals surface area contributed by atoms with Gasteiger partial charge in [0.2, 0.25) is 5.91 Å². The Hall–Kier alpha value is -0.610. The van der Waals surface area contributed by atoms with Crippen molar-refractivity contribution in [2.75, 3.05) is 27.2 Å². The Bertz CT molecular complexity index is 145. The van der Waals surface area contributed by atoms with Crippen LogP contribution < -0.4 is 11.1 Å².